The molecule has 0 aliphatic rings. The summed E-state index contributed by atoms with van der Waals surface area (Å²) in [5, 5.41) is 4.87. The molecule has 0 aliphatic heterocycles. The molecule has 0 aliphatic carbocycles. The Morgan fingerprint density at radius 1 is 1.32 bits per heavy atom. The van der Waals surface area contributed by atoms with Crippen molar-refractivity contribution in [2.75, 3.05) is 11.9 Å². The normalized spacial score (nSPS) is 10.5. The molecule has 19 heavy (non-hydrogen) atoms. The number of ether oxygens (including phenoxy) is 1. The molecule has 0 spiro atoms. The van der Waals surface area contributed by atoms with Crippen molar-refractivity contribution in [3.63, 3.8) is 0 Å². The van der Waals surface area contributed by atoms with Crippen LogP contribution in [-0.4, -0.2) is 11.5 Å². The summed E-state index contributed by atoms with van der Waals surface area (Å²) in [5.41, 5.74) is 2.11. The number of nitrogens with zero attached hydrogens (tertiary/aromatic N) is 1. The largest absolute Gasteiger partial charge is 0.487 e. The van der Waals surface area contributed by atoms with Gasteiger partial charge in [-0.05, 0) is 44.0 Å². The highest BCUT2D eigenvalue weighted by Gasteiger charge is 2.07. The second kappa shape index (κ2) is 6.26. The molecule has 1 aromatic carbocycles. The van der Waals surface area contributed by atoms with Gasteiger partial charge in [0.25, 0.3) is 0 Å². The smallest absolute Gasteiger partial charge is 0.182 e. The molecule has 0 saturated heterocycles. The number of aryl methyl sites for hydroxylation is 2. The lowest BCUT2D eigenvalue weighted by Crippen LogP contribution is -1.97. The van der Waals surface area contributed by atoms with Gasteiger partial charge >= 0.3 is 0 Å². The van der Waals surface area contributed by atoms with Crippen LogP contribution in [0.1, 0.15) is 22.9 Å². The summed E-state index contributed by atoms with van der Waals surface area (Å²) in [5.74, 6) is 0.905. The van der Waals surface area contributed by atoms with Crippen LogP contribution in [0.2, 0.25) is 5.02 Å². The Labute approximate surface area is 122 Å². The average Bonchev–Trinajstić information content (AvgIpc) is 2.76. The summed E-state index contributed by atoms with van der Waals surface area (Å²) in [4.78, 5) is 5.39. The van der Waals surface area contributed by atoms with E-state index in [1.54, 1.807) is 11.3 Å². The van der Waals surface area contributed by atoms with Gasteiger partial charge in [0.1, 0.15) is 12.4 Å². The number of nitrogens with one attached hydrogen (secondary N) is 1. The number of hydrogen-bond acceptors (Lipinski definition) is 4. The van der Waals surface area contributed by atoms with Crippen LogP contribution in [-0.2, 0) is 6.61 Å². The second-order valence-electron chi connectivity index (χ2n) is 4.32. The Morgan fingerprint density at radius 2 is 2.00 bits per heavy atom. The average molecular weight is 297 g/mol. The van der Waals surface area contributed by atoms with E-state index in [1.807, 2.05) is 32.2 Å². The molecule has 102 valence electrons. The van der Waals surface area contributed by atoms with E-state index in [0.717, 1.165) is 38.5 Å². The molecule has 1 N–H and O–H groups in total. The van der Waals surface area contributed by atoms with Crippen molar-refractivity contribution < 1.29 is 4.74 Å². The Balaban J connectivity index is 2.05. The fourth-order valence-corrected chi connectivity index (χ4v) is 3.00. The van der Waals surface area contributed by atoms with Crippen molar-refractivity contribution in [3.8, 4) is 5.75 Å². The monoisotopic (exact) mass is 296 g/mol. The van der Waals surface area contributed by atoms with Gasteiger partial charge in [0.15, 0.2) is 5.13 Å². The third-order valence-electron chi connectivity index (χ3n) is 2.67. The lowest BCUT2D eigenvalue weighted by molar-refractivity contribution is 0.305. The maximum atomic E-state index is 6.01. The molecule has 0 unspecified atom stereocenters. The van der Waals surface area contributed by atoms with Crippen LogP contribution >= 0.6 is 22.9 Å². The molecule has 2 aromatic rings. The molecular weight excluding hydrogens is 280 g/mol. The van der Waals surface area contributed by atoms with Crippen LogP contribution in [0.4, 0.5) is 5.13 Å². The maximum absolute atomic E-state index is 6.01. The topological polar surface area (TPSA) is 34.2 Å². The van der Waals surface area contributed by atoms with Gasteiger partial charge in [-0.25, -0.2) is 4.98 Å². The highest BCUT2D eigenvalue weighted by molar-refractivity contribution is 7.15. The molecule has 0 amide bonds. The Morgan fingerprint density at radius 3 is 2.63 bits per heavy atom. The summed E-state index contributed by atoms with van der Waals surface area (Å²) in [6, 6.07) is 3.83. The van der Waals surface area contributed by atoms with Gasteiger partial charge in [0.05, 0.1) is 4.88 Å². The van der Waals surface area contributed by atoms with E-state index in [0.29, 0.717) is 6.61 Å². The SMILES string of the molecule is CCNc1ncc(COc2c(C)cc(Cl)cc2C)s1. The van der Waals surface area contributed by atoms with Crippen LogP contribution in [0.15, 0.2) is 18.3 Å². The zero-order valence-electron chi connectivity index (χ0n) is 11.3. The Bertz CT molecular complexity index is 545. The first kappa shape index (κ1) is 14.2. The van der Waals surface area contributed by atoms with Gasteiger partial charge in [-0.3, -0.25) is 0 Å². The number of rotatable bonds is 5. The highest BCUT2D eigenvalue weighted by atomic mass is 35.5. The first-order valence-electron chi connectivity index (χ1n) is 6.18. The summed E-state index contributed by atoms with van der Waals surface area (Å²) in [7, 11) is 0. The van der Waals surface area contributed by atoms with E-state index in [-0.39, 0.29) is 0 Å². The number of anilines is 1. The minimum absolute atomic E-state index is 0.534. The first-order valence-corrected chi connectivity index (χ1v) is 7.37. The predicted octanol–water partition coefficient (Wildman–Crippen LogP) is 4.42. The molecule has 1 heterocycles. The number of halogens is 1. The standard InChI is InChI=1S/C14H17ClN2OS/c1-4-16-14-17-7-12(19-14)8-18-13-9(2)5-11(15)6-10(13)3/h5-7H,4,8H2,1-3H3,(H,16,17). The molecule has 0 saturated carbocycles. The summed E-state index contributed by atoms with van der Waals surface area (Å²) < 4.78 is 5.88. The van der Waals surface area contributed by atoms with Crippen molar-refractivity contribution in [1.82, 2.24) is 4.98 Å². The maximum Gasteiger partial charge on any atom is 0.182 e. The number of aromatic nitrogens is 1. The molecule has 3 nitrogen and oxygen atoms in total. The summed E-state index contributed by atoms with van der Waals surface area (Å²) >= 11 is 7.62. The third-order valence-corrected chi connectivity index (χ3v) is 3.81. The quantitative estimate of drug-likeness (QED) is 0.886. The van der Waals surface area contributed by atoms with E-state index in [2.05, 4.69) is 17.2 Å². The van der Waals surface area contributed by atoms with Crippen LogP contribution in [0.5, 0.6) is 5.75 Å². The molecule has 1 aromatic heterocycles. The van der Waals surface area contributed by atoms with Crippen molar-refractivity contribution in [2.45, 2.75) is 27.4 Å². The molecule has 0 fully saturated rings. The number of thiazole rings is 1. The van der Waals surface area contributed by atoms with E-state index in [9.17, 15) is 0 Å². The summed E-state index contributed by atoms with van der Waals surface area (Å²) in [6.07, 6.45) is 1.85. The molecule has 0 radical (unpaired) electrons. The fraction of sp³-hybridized carbons (Fsp3) is 0.357. The van der Waals surface area contributed by atoms with Crippen LogP contribution < -0.4 is 10.1 Å². The molecule has 5 heteroatoms. The van der Waals surface area contributed by atoms with Crippen LogP contribution in [0, 0.1) is 13.8 Å². The predicted molar refractivity (Wildman–Crippen MR) is 81.5 cm³/mol. The van der Waals surface area contributed by atoms with Crippen LogP contribution in [0.3, 0.4) is 0 Å². The third kappa shape index (κ3) is 3.61. The molecule has 0 atom stereocenters. The van der Waals surface area contributed by atoms with Crippen molar-refractivity contribution in [1.29, 1.82) is 0 Å². The van der Waals surface area contributed by atoms with Crippen molar-refractivity contribution in [2.24, 2.45) is 0 Å². The lowest BCUT2D eigenvalue weighted by atomic mass is 10.1. The van der Waals surface area contributed by atoms with Gasteiger partial charge in [0, 0.05) is 17.8 Å². The molecular formula is C14H17ClN2OS. The Hall–Kier alpha value is -1.26. The fourth-order valence-electron chi connectivity index (χ4n) is 1.88. The molecule has 0 bridgehead atoms. The van der Waals surface area contributed by atoms with E-state index >= 15 is 0 Å². The van der Waals surface area contributed by atoms with Gasteiger partial charge in [-0.2, -0.15) is 0 Å². The van der Waals surface area contributed by atoms with E-state index < -0.39 is 0 Å². The second-order valence-corrected chi connectivity index (χ2v) is 5.87. The van der Waals surface area contributed by atoms with Gasteiger partial charge in [0.2, 0.25) is 0 Å². The first-order chi connectivity index (χ1) is 9.10. The molecule has 2 rings (SSSR count). The lowest BCUT2D eigenvalue weighted by Gasteiger charge is -2.11. The van der Waals surface area contributed by atoms with E-state index in [1.165, 1.54) is 0 Å². The summed E-state index contributed by atoms with van der Waals surface area (Å²) in [6.45, 7) is 7.48. The zero-order chi connectivity index (χ0) is 13.8. The van der Waals surface area contributed by atoms with Gasteiger partial charge < -0.3 is 10.1 Å². The minimum atomic E-state index is 0.534. The van der Waals surface area contributed by atoms with Crippen LogP contribution in [0.25, 0.3) is 0 Å². The van der Waals surface area contributed by atoms with Gasteiger partial charge in [-0.1, -0.05) is 22.9 Å². The number of benzene rings is 1. The highest BCUT2D eigenvalue weighted by Crippen LogP contribution is 2.28. The van der Waals surface area contributed by atoms with Crippen molar-refractivity contribution >= 4 is 28.1 Å². The van der Waals surface area contributed by atoms with Gasteiger partial charge in [-0.15, -0.1) is 0 Å². The zero-order valence-corrected chi connectivity index (χ0v) is 12.9. The van der Waals surface area contributed by atoms with Crippen molar-refractivity contribution in [3.05, 3.63) is 39.4 Å². The Kier molecular flexibility index (Phi) is 4.66. The number of hydrogen-bond donors (Lipinski definition) is 1. The minimum Gasteiger partial charge on any atom is -0.487 e. The van der Waals surface area contributed by atoms with E-state index in [4.69, 9.17) is 16.3 Å².